The predicted octanol–water partition coefficient (Wildman–Crippen LogP) is 2.96. The summed E-state index contributed by atoms with van der Waals surface area (Å²) in [7, 11) is -2.52. The number of esters is 1. The Morgan fingerprint density at radius 1 is 1.08 bits per heavy atom. The summed E-state index contributed by atoms with van der Waals surface area (Å²) < 4.78 is 36.4. The summed E-state index contributed by atoms with van der Waals surface area (Å²) in [5.41, 5.74) is 0. The third-order valence-electron chi connectivity index (χ3n) is 3.25. The molecule has 0 atom stereocenters. The molecule has 2 aromatic carbocycles. The van der Waals surface area contributed by atoms with E-state index in [0.717, 1.165) is 4.31 Å². The van der Waals surface area contributed by atoms with Gasteiger partial charge in [-0.3, -0.25) is 4.79 Å². The van der Waals surface area contributed by atoms with Crippen molar-refractivity contribution in [3.63, 3.8) is 0 Å². The van der Waals surface area contributed by atoms with Crippen LogP contribution >= 0.6 is 11.6 Å². The largest absolute Gasteiger partial charge is 0.490 e. The maximum Gasteiger partial charge on any atom is 0.326 e. The lowest BCUT2D eigenvalue weighted by Gasteiger charge is -2.17. The van der Waals surface area contributed by atoms with Gasteiger partial charge in [0.2, 0.25) is 10.0 Å². The van der Waals surface area contributed by atoms with Gasteiger partial charge in [-0.15, -0.1) is 0 Å². The van der Waals surface area contributed by atoms with E-state index in [0.29, 0.717) is 17.4 Å². The smallest absolute Gasteiger partial charge is 0.326 e. The first-order chi connectivity index (χ1) is 11.8. The molecule has 0 saturated carbocycles. The summed E-state index contributed by atoms with van der Waals surface area (Å²) in [6.07, 6.45) is 0. The van der Waals surface area contributed by atoms with Crippen molar-refractivity contribution in [3.8, 4) is 11.5 Å². The SMILES string of the molecule is CCOc1ccccc1OC(=O)CN(C)S(=O)(=O)c1ccc(Cl)cc1. The van der Waals surface area contributed by atoms with Crippen LogP contribution < -0.4 is 9.47 Å². The Bertz CT molecular complexity index is 836. The topological polar surface area (TPSA) is 72.9 Å². The number of hydrogen-bond donors (Lipinski definition) is 0. The predicted molar refractivity (Wildman–Crippen MR) is 94.5 cm³/mol. The number of ether oxygens (including phenoxy) is 2. The molecule has 0 bridgehead atoms. The summed E-state index contributed by atoms with van der Waals surface area (Å²) in [4.78, 5) is 12.1. The molecule has 2 rings (SSSR count). The van der Waals surface area contributed by atoms with Gasteiger partial charge >= 0.3 is 5.97 Å². The van der Waals surface area contributed by atoms with Crippen LogP contribution in [-0.2, 0) is 14.8 Å². The molecular formula is C17H18ClNO5S. The number of halogens is 1. The molecule has 0 aliphatic carbocycles. The Morgan fingerprint density at radius 2 is 1.68 bits per heavy atom. The minimum Gasteiger partial charge on any atom is -0.490 e. The lowest BCUT2D eigenvalue weighted by atomic mass is 10.3. The van der Waals surface area contributed by atoms with Crippen molar-refractivity contribution in [3.05, 3.63) is 53.6 Å². The van der Waals surface area contributed by atoms with Crippen molar-refractivity contribution in [2.75, 3.05) is 20.2 Å². The number of likely N-dealkylation sites (N-methyl/N-ethyl adjacent to an activating group) is 1. The number of carbonyl (C=O) groups is 1. The van der Waals surface area contributed by atoms with Crippen molar-refractivity contribution in [1.82, 2.24) is 4.31 Å². The lowest BCUT2D eigenvalue weighted by molar-refractivity contribution is -0.134. The van der Waals surface area contributed by atoms with Crippen molar-refractivity contribution in [2.24, 2.45) is 0 Å². The van der Waals surface area contributed by atoms with Crippen LogP contribution in [0.25, 0.3) is 0 Å². The van der Waals surface area contributed by atoms with Gasteiger partial charge in [0.05, 0.1) is 11.5 Å². The molecule has 0 amide bonds. The minimum atomic E-state index is -3.82. The van der Waals surface area contributed by atoms with E-state index in [1.165, 1.54) is 31.3 Å². The fourth-order valence-electron chi connectivity index (χ4n) is 2.02. The first-order valence-corrected chi connectivity index (χ1v) is 9.31. The van der Waals surface area contributed by atoms with Gasteiger partial charge in [0.1, 0.15) is 6.54 Å². The van der Waals surface area contributed by atoms with E-state index in [4.69, 9.17) is 21.1 Å². The van der Waals surface area contributed by atoms with Gasteiger partial charge in [-0.2, -0.15) is 4.31 Å². The fraction of sp³-hybridized carbons (Fsp3) is 0.235. The van der Waals surface area contributed by atoms with Crippen LogP contribution in [0.15, 0.2) is 53.4 Å². The highest BCUT2D eigenvalue weighted by atomic mass is 35.5. The zero-order chi connectivity index (χ0) is 18.4. The summed E-state index contributed by atoms with van der Waals surface area (Å²) in [5.74, 6) is -0.0552. The van der Waals surface area contributed by atoms with E-state index in [-0.39, 0.29) is 10.6 Å². The van der Waals surface area contributed by atoms with Gasteiger partial charge in [0, 0.05) is 12.1 Å². The van der Waals surface area contributed by atoms with Crippen LogP contribution in [0, 0.1) is 0 Å². The molecule has 6 nitrogen and oxygen atoms in total. The van der Waals surface area contributed by atoms with Gasteiger partial charge in [-0.1, -0.05) is 23.7 Å². The second-order valence-electron chi connectivity index (χ2n) is 5.07. The van der Waals surface area contributed by atoms with Crippen molar-refractivity contribution >= 4 is 27.6 Å². The number of nitrogens with zero attached hydrogens (tertiary/aromatic N) is 1. The van der Waals surface area contributed by atoms with Gasteiger partial charge in [-0.25, -0.2) is 8.42 Å². The van der Waals surface area contributed by atoms with E-state index in [9.17, 15) is 13.2 Å². The van der Waals surface area contributed by atoms with Gasteiger partial charge < -0.3 is 9.47 Å². The molecule has 0 aromatic heterocycles. The summed E-state index contributed by atoms with van der Waals surface area (Å²) >= 11 is 5.76. The monoisotopic (exact) mass is 383 g/mol. The quantitative estimate of drug-likeness (QED) is 0.543. The van der Waals surface area contributed by atoms with Crippen LogP contribution in [-0.4, -0.2) is 38.9 Å². The average Bonchev–Trinajstić information content (AvgIpc) is 2.57. The number of carbonyl (C=O) groups excluding carboxylic acids is 1. The highest BCUT2D eigenvalue weighted by Gasteiger charge is 2.24. The number of sulfonamides is 1. The molecule has 0 N–H and O–H groups in total. The Hall–Kier alpha value is -2.09. The molecule has 0 heterocycles. The highest BCUT2D eigenvalue weighted by molar-refractivity contribution is 7.89. The zero-order valence-corrected chi connectivity index (χ0v) is 15.4. The number of hydrogen-bond acceptors (Lipinski definition) is 5. The molecule has 0 aliphatic heterocycles. The number of benzene rings is 2. The molecule has 8 heteroatoms. The van der Waals surface area contributed by atoms with Crippen LogP contribution in [0.2, 0.25) is 5.02 Å². The maximum absolute atomic E-state index is 12.5. The molecule has 0 fully saturated rings. The third kappa shape index (κ3) is 4.94. The van der Waals surface area contributed by atoms with Gasteiger partial charge in [0.25, 0.3) is 0 Å². The maximum atomic E-state index is 12.5. The zero-order valence-electron chi connectivity index (χ0n) is 13.8. The lowest BCUT2D eigenvalue weighted by Crippen LogP contribution is -2.34. The molecule has 0 spiro atoms. The Balaban J connectivity index is 2.08. The van der Waals surface area contributed by atoms with Gasteiger partial charge in [-0.05, 0) is 43.3 Å². The van der Waals surface area contributed by atoms with Crippen LogP contribution in [0.1, 0.15) is 6.92 Å². The van der Waals surface area contributed by atoms with Crippen molar-refractivity contribution < 1.29 is 22.7 Å². The molecule has 134 valence electrons. The van der Waals surface area contributed by atoms with Crippen LogP contribution in [0.5, 0.6) is 11.5 Å². The molecule has 0 saturated heterocycles. The summed E-state index contributed by atoms with van der Waals surface area (Å²) in [6.45, 7) is 1.79. The van der Waals surface area contributed by atoms with E-state index < -0.39 is 22.5 Å². The minimum absolute atomic E-state index is 0.0434. The van der Waals surface area contributed by atoms with E-state index in [2.05, 4.69) is 0 Å². The first kappa shape index (κ1) is 19.2. The van der Waals surface area contributed by atoms with E-state index >= 15 is 0 Å². The molecule has 0 aliphatic rings. The normalized spacial score (nSPS) is 11.4. The van der Waals surface area contributed by atoms with Crippen LogP contribution in [0.4, 0.5) is 0 Å². The van der Waals surface area contributed by atoms with E-state index in [1.807, 2.05) is 6.92 Å². The van der Waals surface area contributed by atoms with Gasteiger partial charge in [0.15, 0.2) is 11.5 Å². The fourth-order valence-corrected chi connectivity index (χ4v) is 3.26. The van der Waals surface area contributed by atoms with E-state index in [1.54, 1.807) is 24.3 Å². The molecule has 25 heavy (non-hydrogen) atoms. The summed E-state index contributed by atoms with van der Waals surface area (Å²) in [5, 5.41) is 0.425. The second kappa shape index (κ2) is 8.33. The molecular weight excluding hydrogens is 366 g/mol. The Morgan fingerprint density at radius 3 is 2.28 bits per heavy atom. The molecule has 2 aromatic rings. The first-order valence-electron chi connectivity index (χ1n) is 7.49. The van der Waals surface area contributed by atoms with Crippen molar-refractivity contribution in [1.29, 1.82) is 0 Å². The van der Waals surface area contributed by atoms with Crippen LogP contribution in [0.3, 0.4) is 0 Å². The molecule has 0 radical (unpaired) electrons. The molecule has 0 unspecified atom stereocenters. The van der Waals surface area contributed by atoms with Crippen molar-refractivity contribution in [2.45, 2.75) is 11.8 Å². The average molecular weight is 384 g/mol. The Kier molecular flexibility index (Phi) is 6.41. The number of rotatable bonds is 7. The standard InChI is InChI=1S/C17H18ClNO5S/c1-3-23-15-6-4-5-7-16(15)24-17(20)12-19(2)25(21,22)14-10-8-13(18)9-11-14/h4-11H,3,12H2,1-2H3. The highest BCUT2D eigenvalue weighted by Crippen LogP contribution is 2.26. The third-order valence-corrected chi connectivity index (χ3v) is 5.32. The Labute approximate surface area is 152 Å². The number of para-hydroxylation sites is 2. The second-order valence-corrected chi connectivity index (χ2v) is 7.55. The summed E-state index contributed by atoms with van der Waals surface area (Å²) in [6, 6.07) is 12.4.